The van der Waals surface area contributed by atoms with Crippen molar-refractivity contribution in [2.45, 2.75) is 39.3 Å². The molecule has 6 amide bonds. The maximum Gasteiger partial charge on any atom is 0.336 e. The standard InChI is InChI=1S/C91H72N6O8/c98-85(66-34-8-1-9-35-66)92(73-42-10-2-11-43-73)60-67-36-22-28-54-79(67)86(99)93(74-44-12-3-13-45-74)61-68-37-23-29-55-80(68)87(100)94(75-46-14-4-15-47-75)62-69-38-24-30-56-81(69)88(101)95(76-48-16-5-17-49-76)63-70-39-25-31-57-82(70)89(102)96(77-50-18-6-19-51-77)64-71-40-26-32-58-83(71)90(103)97(78-52-20-7-21-53-78)65-72-41-27-33-59-84(72)91(104)105/h1-59H,60-65H2,(H,104,105). The fourth-order valence-corrected chi connectivity index (χ4v) is 13.0. The second-order valence-corrected chi connectivity index (χ2v) is 25.0. The summed E-state index contributed by atoms with van der Waals surface area (Å²) in [4.78, 5) is 115. The van der Waals surface area contributed by atoms with Crippen molar-refractivity contribution in [1.82, 2.24) is 0 Å². The van der Waals surface area contributed by atoms with Gasteiger partial charge in [0.05, 0.1) is 44.8 Å². The minimum absolute atomic E-state index is 0.0326. The van der Waals surface area contributed by atoms with E-state index in [9.17, 15) is 14.7 Å². The number of amides is 6. The fraction of sp³-hybridized carbons (Fsp3) is 0.0659. The predicted octanol–water partition coefficient (Wildman–Crippen LogP) is 18.5. The minimum Gasteiger partial charge on any atom is -0.478 e. The molecule has 0 saturated heterocycles. The van der Waals surface area contributed by atoms with Crippen LogP contribution in [0.2, 0.25) is 0 Å². The van der Waals surface area contributed by atoms with Crippen molar-refractivity contribution < 1.29 is 38.7 Å². The van der Waals surface area contributed by atoms with Crippen LogP contribution in [0, 0.1) is 0 Å². The van der Waals surface area contributed by atoms with Crippen LogP contribution in [0.3, 0.4) is 0 Å². The first kappa shape index (κ1) is 69.6. The molecule has 0 atom stereocenters. The molecule has 0 radical (unpaired) electrons. The Balaban J connectivity index is 0.807. The van der Waals surface area contributed by atoms with Crippen molar-refractivity contribution in [2.75, 3.05) is 29.4 Å². The number of carboxylic acids is 1. The molecule has 0 bridgehead atoms. The third kappa shape index (κ3) is 16.2. The Morgan fingerprint density at radius 2 is 0.333 bits per heavy atom. The van der Waals surface area contributed by atoms with E-state index in [1.807, 2.05) is 243 Å². The van der Waals surface area contributed by atoms with E-state index in [4.69, 9.17) is 0 Å². The highest BCUT2D eigenvalue weighted by Crippen LogP contribution is 2.33. The van der Waals surface area contributed by atoms with Gasteiger partial charge in [0.1, 0.15) is 0 Å². The molecule has 0 aliphatic carbocycles. The van der Waals surface area contributed by atoms with Gasteiger partial charge in [-0.05, 0) is 155 Å². The van der Waals surface area contributed by atoms with Crippen molar-refractivity contribution >= 4 is 75.5 Å². The lowest BCUT2D eigenvalue weighted by Crippen LogP contribution is -2.36. The number of carbonyl (C=O) groups is 7. The number of anilines is 6. The SMILES string of the molecule is O=C(O)c1ccccc1CN(C(=O)c1ccccc1CN(C(=O)c1ccccc1CN(C(=O)c1ccccc1CN(C(=O)c1ccccc1CN(C(=O)c1ccccc1CN(C(=O)c1ccccc1)c1ccccc1)c1ccccc1)c1ccccc1)c1ccccc1)c1ccccc1)c1ccccc1. The molecule has 13 aromatic rings. The maximum absolute atomic E-state index is 16.0. The molecule has 0 aliphatic heterocycles. The zero-order chi connectivity index (χ0) is 72.4. The second-order valence-electron chi connectivity index (χ2n) is 25.0. The first-order valence-corrected chi connectivity index (χ1v) is 34.4. The predicted molar refractivity (Wildman–Crippen MR) is 414 cm³/mol. The number of nitrogens with zero attached hydrogens (tertiary/aromatic N) is 6. The Morgan fingerprint density at radius 1 is 0.181 bits per heavy atom. The number of hydrogen-bond acceptors (Lipinski definition) is 7. The van der Waals surface area contributed by atoms with Crippen molar-refractivity contribution in [2.24, 2.45) is 0 Å². The Kier molecular flexibility index (Phi) is 21.9. The quantitative estimate of drug-likeness (QED) is 0.0592. The minimum atomic E-state index is -1.12. The van der Waals surface area contributed by atoms with Gasteiger partial charge in [-0.3, -0.25) is 28.8 Å². The normalized spacial score (nSPS) is 10.8. The van der Waals surface area contributed by atoms with E-state index in [-0.39, 0.29) is 56.6 Å². The summed E-state index contributed by atoms with van der Waals surface area (Å²) in [6.45, 7) is -0.214. The van der Waals surface area contributed by atoms with Crippen LogP contribution in [0.25, 0.3) is 0 Å². The summed E-state index contributed by atoms with van der Waals surface area (Å²) in [6, 6.07) is 107. The van der Waals surface area contributed by atoms with E-state index < -0.39 is 29.6 Å². The first-order chi connectivity index (χ1) is 51.5. The van der Waals surface area contributed by atoms with E-state index in [0.29, 0.717) is 101 Å². The largest absolute Gasteiger partial charge is 0.478 e. The fourth-order valence-electron chi connectivity index (χ4n) is 13.0. The molecule has 0 saturated carbocycles. The van der Waals surface area contributed by atoms with Crippen LogP contribution in [-0.4, -0.2) is 46.5 Å². The zero-order valence-corrected chi connectivity index (χ0v) is 57.3. The molecule has 0 aliphatic rings. The molecule has 0 spiro atoms. The van der Waals surface area contributed by atoms with Gasteiger partial charge in [-0.2, -0.15) is 0 Å². The van der Waals surface area contributed by atoms with Gasteiger partial charge in [-0.15, -0.1) is 0 Å². The molecular weight excluding hydrogens is 1310 g/mol. The van der Waals surface area contributed by atoms with Crippen LogP contribution in [-0.2, 0) is 39.3 Å². The molecule has 0 aromatic heterocycles. The highest BCUT2D eigenvalue weighted by molar-refractivity contribution is 6.13. The summed E-state index contributed by atoms with van der Waals surface area (Å²) in [6.07, 6.45) is 0. The van der Waals surface area contributed by atoms with E-state index in [1.54, 1.807) is 139 Å². The third-order valence-corrected chi connectivity index (χ3v) is 18.4. The van der Waals surface area contributed by atoms with Gasteiger partial charge >= 0.3 is 5.97 Å². The van der Waals surface area contributed by atoms with Gasteiger partial charge in [-0.1, -0.05) is 237 Å². The Morgan fingerprint density at radius 3 is 0.533 bits per heavy atom. The number of rotatable bonds is 25. The van der Waals surface area contributed by atoms with Crippen molar-refractivity contribution in [1.29, 1.82) is 0 Å². The summed E-state index contributed by atoms with van der Waals surface area (Å²) < 4.78 is 0. The average molecular weight is 1380 g/mol. The summed E-state index contributed by atoms with van der Waals surface area (Å²) in [7, 11) is 0. The zero-order valence-electron chi connectivity index (χ0n) is 57.3. The van der Waals surface area contributed by atoms with Gasteiger partial charge in [0.15, 0.2) is 0 Å². The summed E-state index contributed by atoms with van der Waals surface area (Å²) in [5.41, 5.74) is 8.73. The molecule has 0 fully saturated rings. The summed E-state index contributed by atoms with van der Waals surface area (Å²) in [5.74, 6) is -3.32. The molecule has 0 unspecified atom stereocenters. The highest BCUT2D eigenvalue weighted by atomic mass is 16.4. The smallest absolute Gasteiger partial charge is 0.336 e. The molecule has 13 aromatic carbocycles. The van der Waals surface area contributed by atoms with Crippen LogP contribution >= 0.6 is 0 Å². The van der Waals surface area contributed by atoms with Gasteiger partial charge < -0.3 is 34.5 Å². The number of carboxylic acid groups (broad SMARTS) is 1. The van der Waals surface area contributed by atoms with Crippen LogP contribution < -0.4 is 29.4 Å². The molecule has 514 valence electrons. The molecule has 14 heteroatoms. The lowest BCUT2D eigenvalue weighted by atomic mass is 10.00. The maximum atomic E-state index is 16.0. The van der Waals surface area contributed by atoms with Crippen molar-refractivity contribution in [3.63, 3.8) is 0 Å². The highest BCUT2D eigenvalue weighted by Gasteiger charge is 2.32. The van der Waals surface area contributed by atoms with Gasteiger partial charge in [0, 0.05) is 67.5 Å². The first-order valence-electron chi connectivity index (χ1n) is 34.4. The molecule has 105 heavy (non-hydrogen) atoms. The van der Waals surface area contributed by atoms with E-state index in [0.717, 1.165) is 0 Å². The van der Waals surface area contributed by atoms with Crippen LogP contribution in [0.4, 0.5) is 34.1 Å². The van der Waals surface area contributed by atoms with Crippen LogP contribution in [0.15, 0.2) is 358 Å². The summed E-state index contributed by atoms with van der Waals surface area (Å²) >= 11 is 0. The average Bonchev–Trinajstić information content (AvgIpc) is 0.794. The molecule has 14 nitrogen and oxygen atoms in total. The van der Waals surface area contributed by atoms with Crippen LogP contribution in [0.5, 0.6) is 0 Å². The third-order valence-electron chi connectivity index (χ3n) is 18.4. The lowest BCUT2D eigenvalue weighted by Gasteiger charge is -2.29. The van der Waals surface area contributed by atoms with Gasteiger partial charge in [-0.25, -0.2) is 4.79 Å². The number of hydrogen-bond donors (Lipinski definition) is 1. The number of para-hydroxylation sites is 6. The Hall–Kier alpha value is -13.9. The van der Waals surface area contributed by atoms with Crippen LogP contribution in [0.1, 0.15) is 106 Å². The molecule has 13 rings (SSSR count). The monoisotopic (exact) mass is 1380 g/mol. The molecular formula is C91H72N6O8. The topological polar surface area (TPSA) is 159 Å². The second kappa shape index (κ2) is 33.1. The van der Waals surface area contributed by atoms with E-state index >= 15 is 24.0 Å². The van der Waals surface area contributed by atoms with E-state index in [2.05, 4.69) is 0 Å². The number of benzene rings is 13. The molecule has 1 N–H and O–H groups in total. The number of carbonyl (C=O) groups excluding carboxylic acids is 6. The van der Waals surface area contributed by atoms with Crippen molar-refractivity contribution in [3.05, 3.63) is 430 Å². The Bertz CT molecular complexity index is 5230. The molecule has 0 heterocycles. The van der Waals surface area contributed by atoms with Crippen molar-refractivity contribution in [3.8, 4) is 0 Å². The lowest BCUT2D eigenvalue weighted by molar-refractivity contribution is 0.0693. The van der Waals surface area contributed by atoms with Gasteiger partial charge in [0.2, 0.25) is 0 Å². The summed E-state index contributed by atoms with van der Waals surface area (Å²) in [5, 5.41) is 10.2. The van der Waals surface area contributed by atoms with E-state index in [1.165, 1.54) is 6.07 Å². The van der Waals surface area contributed by atoms with Gasteiger partial charge in [0.25, 0.3) is 35.4 Å². The Labute approximate surface area is 609 Å². The number of aromatic carboxylic acids is 1.